The second-order valence-corrected chi connectivity index (χ2v) is 13.1. The number of carbonyl (C=O) groups is 6. The lowest BCUT2D eigenvalue weighted by Gasteiger charge is -2.39. The van der Waals surface area contributed by atoms with Crippen molar-refractivity contribution in [3.63, 3.8) is 0 Å². The van der Waals surface area contributed by atoms with Crippen molar-refractivity contribution in [3.8, 4) is 0 Å². The molecule has 0 bridgehead atoms. The second kappa shape index (κ2) is 18.6. The van der Waals surface area contributed by atoms with Crippen LogP contribution in [0, 0.1) is 23.7 Å². The Labute approximate surface area is 264 Å². The van der Waals surface area contributed by atoms with E-state index in [0.29, 0.717) is 12.8 Å². The lowest BCUT2D eigenvalue weighted by molar-refractivity contribution is -0.151. The van der Waals surface area contributed by atoms with Crippen molar-refractivity contribution in [3.05, 3.63) is 0 Å². The van der Waals surface area contributed by atoms with E-state index in [1.807, 2.05) is 41.5 Å². The Kier molecular flexibility index (Phi) is 17.2. The van der Waals surface area contributed by atoms with E-state index in [0.717, 1.165) is 0 Å². The molecule has 0 spiro atoms. The van der Waals surface area contributed by atoms with Crippen molar-refractivity contribution in [1.82, 2.24) is 36.0 Å². The molecule has 0 aromatic heterocycles. The fourth-order valence-electron chi connectivity index (χ4n) is 5.20. The lowest BCUT2D eigenvalue weighted by Crippen LogP contribution is -2.61. The van der Waals surface area contributed by atoms with E-state index in [-0.39, 0.29) is 35.5 Å². The molecule has 44 heavy (non-hydrogen) atoms. The number of hydrogen-bond acceptors (Lipinski definition) is 7. The van der Waals surface area contributed by atoms with Gasteiger partial charge in [-0.3, -0.25) is 29.3 Å². The van der Waals surface area contributed by atoms with E-state index in [1.54, 1.807) is 27.9 Å². The smallest absolute Gasteiger partial charge is 0.318 e. The predicted molar refractivity (Wildman–Crippen MR) is 171 cm³/mol. The van der Waals surface area contributed by atoms with Gasteiger partial charge in [-0.1, -0.05) is 55.4 Å². The summed E-state index contributed by atoms with van der Waals surface area (Å²) in [7, 11) is 7.70. The first kappa shape index (κ1) is 40.8. The molecule has 0 saturated carbocycles. The van der Waals surface area contributed by atoms with Crippen LogP contribution < -0.4 is 21.3 Å². The molecule has 0 aromatic rings. The molecule has 0 fully saturated rings. The van der Waals surface area contributed by atoms with Crippen LogP contribution in [0.5, 0.6) is 0 Å². The molecular weight excluding hydrogens is 566 g/mol. The summed E-state index contributed by atoms with van der Waals surface area (Å²) < 4.78 is 0. The summed E-state index contributed by atoms with van der Waals surface area (Å²) in [6, 6.07) is -4.88. The molecule has 4 N–H and O–H groups in total. The van der Waals surface area contributed by atoms with Crippen LogP contribution in [0.15, 0.2) is 0 Å². The molecule has 5 atom stereocenters. The number of nitrogens with one attached hydrogen (secondary N) is 4. The molecule has 0 aromatic carbocycles. The topological polar surface area (TPSA) is 160 Å². The lowest BCUT2D eigenvalue weighted by atomic mass is 9.96. The number of imide groups is 1. The first-order chi connectivity index (χ1) is 20.2. The summed E-state index contributed by atoms with van der Waals surface area (Å²) >= 11 is 0. The molecule has 254 valence electrons. The number of amides is 7. The zero-order valence-corrected chi connectivity index (χ0v) is 29.4. The summed E-state index contributed by atoms with van der Waals surface area (Å²) in [4.78, 5) is 82.9. The standard InChI is InChI=1S/C31H59N7O6/c1-17(2)15-22(32-10)27(40)35-26(39)21(9)34-31(44)38(14)25(20(7)8)30(43)36(12)23(16-18(3)4)29(42)37(13)24(19(5)6)28(41)33-11/h17-25,32H,15-16H2,1-14H3,(H,33,41)(H,34,44)(H,35,39,40)/t21-,22+,23+,24+,25-/m1/s1. The van der Waals surface area contributed by atoms with Crippen molar-refractivity contribution < 1.29 is 28.8 Å². The molecule has 0 heterocycles. The summed E-state index contributed by atoms with van der Waals surface area (Å²) in [5.41, 5.74) is 0. The summed E-state index contributed by atoms with van der Waals surface area (Å²) in [5.74, 6) is -2.53. The Morgan fingerprint density at radius 3 is 1.50 bits per heavy atom. The average Bonchev–Trinajstić information content (AvgIpc) is 2.92. The average molecular weight is 626 g/mol. The largest absolute Gasteiger partial charge is 0.357 e. The van der Waals surface area contributed by atoms with Crippen LogP contribution in [0.4, 0.5) is 4.79 Å². The molecule has 0 rings (SSSR count). The Morgan fingerprint density at radius 2 is 1.09 bits per heavy atom. The number of hydrogen-bond donors (Lipinski definition) is 4. The van der Waals surface area contributed by atoms with Crippen molar-refractivity contribution in [2.75, 3.05) is 35.2 Å². The monoisotopic (exact) mass is 625 g/mol. The number of likely N-dealkylation sites (N-methyl/N-ethyl adjacent to an activating group) is 5. The van der Waals surface area contributed by atoms with Gasteiger partial charge >= 0.3 is 6.03 Å². The minimum atomic E-state index is -1.06. The van der Waals surface area contributed by atoms with Gasteiger partial charge < -0.3 is 30.7 Å². The maximum Gasteiger partial charge on any atom is 0.318 e. The van der Waals surface area contributed by atoms with E-state index in [9.17, 15) is 28.8 Å². The first-order valence-electron chi connectivity index (χ1n) is 15.5. The van der Waals surface area contributed by atoms with Crippen LogP contribution in [0.3, 0.4) is 0 Å². The van der Waals surface area contributed by atoms with Crippen LogP contribution >= 0.6 is 0 Å². The van der Waals surface area contributed by atoms with Crippen molar-refractivity contribution in [1.29, 1.82) is 0 Å². The molecule has 13 nitrogen and oxygen atoms in total. The zero-order valence-electron chi connectivity index (χ0n) is 29.4. The SMILES string of the molecule is CNC(=O)[C@H](C(C)C)N(C)C(=O)[C@H](CC(C)C)N(C)C(=O)[C@@H](C(C)C)N(C)C(=O)N[C@H](C)C(=O)NC(=O)[C@H](CC(C)C)NC. The number of carbonyl (C=O) groups excluding carboxylic acids is 6. The third-order valence-electron chi connectivity index (χ3n) is 7.68. The predicted octanol–water partition coefficient (Wildman–Crippen LogP) is 1.42. The fraction of sp³-hybridized carbons (Fsp3) is 0.806. The molecule has 0 radical (unpaired) electrons. The van der Waals surface area contributed by atoms with Gasteiger partial charge in [0.15, 0.2) is 0 Å². The zero-order chi connectivity index (χ0) is 34.6. The molecule has 13 heteroatoms. The van der Waals surface area contributed by atoms with Gasteiger partial charge in [-0.2, -0.15) is 0 Å². The van der Waals surface area contributed by atoms with Crippen molar-refractivity contribution in [2.45, 2.75) is 105 Å². The van der Waals surface area contributed by atoms with Crippen molar-refractivity contribution in [2.24, 2.45) is 23.7 Å². The minimum Gasteiger partial charge on any atom is -0.357 e. The molecular formula is C31H59N7O6. The molecule has 0 aliphatic heterocycles. The van der Waals surface area contributed by atoms with Crippen LogP contribution in [0.25, 0.3) is 0 Å². The normalized spacial score (nSPS) is 14.9. The molecule has 7 amide bonds. The summed E-state index contributed by atoms with van der Waals surface area (Å²) in [6.45, 7) is 16.5. The summed E-state index contributed by atoms with van der Waals surface area (Å²) in [6.07, 6.45) is 0.880. The Hall–Kier alpha value is -3.22. The minimum absolute atomic E-state index is 0.0498. The maximum absolute atomic E-state index is 14.0. The van der Waals surface area contributed by atoms with Crippen LogP contribution in [0.1, 0.15) is 75.2 Å². The van der Waals surface area contributed by atoms with Crippen LogP contribution in [0.2, 0.25) is 0 Å². The highest BCUT2D eigenvalue weighted by Gasteiger charge is 2.40. The van der Waals surface area contributed by atoms with Gasteiger partial charge in [-0.25, -0.2) is 4.79 Å². The van der Waals surface area contributed by atoms with Gasteiger partial charge in [-0.05, 0) is 50.5 Å². The van der Waals surface area contributed by atoms with Gasteiger partial charge in [0.2, 0.25) is 29.5 Å². The summed E-state index contributed by atoms with van der Waals surface area (Å²) in [5, 5.41) is 10.4. The fourth-order valence-corrected chi connectivity index (χ4v) is 5.20. The third kappa shape index (κ3) is 11.7. The number of rotatable bonds is 16. The van der Waals surface area contributed by atoms with Gasteiger partial charge in [0, 0.05) is 28.2 Å². The van der Waals surface area contributed by atoms with E-state index in [2.05, 4.69) is 21.3 Å². The third-order valence-corrected chi connectivity index (χ3v) is 7.68. The molecule has 0 saturated heterocycles. The Balaban J connectivity index is 5.96. The second-order valence-electron chi connectivity index (χ2n) is 13.1. The van der Waals surface area contributed by atoms with Crippen molar-refractivity contribution >= 4 is 35.6 Å². The van der Waals surface area contributed by atoms with Gasteiger partial charge in [0.25, 0.3) is 0 Å². The molecule has 0 aliphatic carbocycles. The quantitative estimate of drug-likeness (QED) is 0.202. The van der Waals surface area contributed by atoms with Gasteiger partial charge in [-0.15, -0.1) is 0 Å². The van der Waals surface area contributed by atoms with Gasteiger partial charge in [0.1, 0.15) is 24.2 Å². The Bertz CT molecular complexity index is 1000. The van der Waals surface area contributed by atoms with Crippen LogP contribution in [-0.4, -0.2) is 116 Å². The maximum atomic E-state index is 14.0. The van der Waals surface area contributed by atoms with Crippen LogP contribution in [-0.2, 0) is 24.0 Å². The molecule has 0 unspecified atom stereocenters. The van der Waals surface area contributed by atoms with E-state index < -0.39 is 54.0 Å². The Morgan fingerprint density at radius 1 is 0.591 bits per heavy atom. The highest BCUT2D eigenvalue weighted by atomic mass is 16.2. The number of nitrogens with zero attached hydrogens (tertiary/aromatic N) is 3. The van der Waals surface area contributed by atoms with E-state index in [1.165, 1.54) is 42.8 Å². The first-order valence-corrected chi connectivity index (χ1v) is 15.5. The highest BCUT2D eigenvalue weighted by Crippen LogP contribution is 2.21. The van der Waals surface area contributed by atoms with E-state index >= 15 is 0 Å². The van der Waals surface area contributed by atoms with Gasteiger partial charge in [0.05, 0.1) is 6.04 Å². The number of urea groups is 1. The molecule has 0 aliphatic rings. The van der Waals surface area contributed by atoms with E-state index in [4.69, 9.17) is 0 Å². The highest BCUT2D eigenvalue weighted by molar-refractivity contribution is 6.01.